The van der Waals surface area contributed by atoms with Crippen LogP contribution in [0.4, 0.5) is 17.6 Å². The maximum atomic E-state index is 13.6. The normalized spacial score (nSPS) is 11.2. The van der Waals surface area contributed by atoms with E-state index in [0.717, 1.165) is 7.11 Å². The van der Waals surface area contributed by atoms with E-state index in [-0.39, 0.29) is 0 Å². The van der Waals surface area contributed by atoms with E-state index in [0.29, 0.717) is 6.20 Å². The molecule has 18 heavy (non-hydrogen) atoms. The monoisotopic (exact) mass is 287 g/mol. The largest absolute Gasteiger partial charge is 0.573 e. The number of rotatable bonds is 3. The predicted octanol–water partition coefficient (Wildman–Crippen LogP) is 2.64. The van der Waals surface area contributed by atoms with Crippen LogP contribution in [-0.2, 0) is 10.6 Å². The molecule has 0 bridgehead atoms. The Morgan fingerprint density at radius 2 is 2.11 bits per heavy atom. The van der Waals surface area contributed by atoms with Gasteiger partial charge in [0.2, 0.25) is 0 Å². The zero-order valence-corrected chi connectivity index (χ0v) is 9.60. The number of carbonyl (C=O) groups is 1. The number of pyridine rings is 1. The molecule has 0 saturated carbocycles. The Morgan fingerprint density at radius 3 is 2.56 bits per heavy atom. The smallest absolute Gasteiger partial charge is 0.464 e. The van der Waals surface area contributed by atoms with Crippen molar-refractivity contribution < 1.29 is 31.8 Å². The summed E-state index contributed by atoms with van der Waals surface area (Å²) in [6.07, 6.45) is -4.63. The van der Waals surface area contributed by atoms with Crippen molar-refractivity contribution in [3.8, 4) is 5.75 Å². The van der Waals surface area contributed by atoms with E-state index >= 15 is 0 Å². The second-order valence-electron chi connectivity index (χ2n) is 2.94. The molecule has 0 unspecified atom stereocenters. The summed E-state index contributed by atoms with van der Waals surface area (Å²) in [6, 6.07) is 0. The Labute approximate surface area is 103 Å². The van der Waals surface area contributed by atoms with Crippen LogP contribution in [0, 0.1) is 5.82 Å². The molecule has 0 aliphatic rings. The SMILES string of the molecule is COC(=O)c1ncc(OC(F)(F)F)c(F)c1CCl. The van der Waals surface area contributed by atoms with Crippen molar-refractivity contribution in [1.29, 1.82) is 0 Å². The number of hydrogen-bond donors (Lipinski definition) is 0. The lowest BCUT2D eigenvalue weighted by Gasteiger charge is -2.12. The zero-order valence-electron chi connectivity index (χ0n) is 8.85. The summed E-state index contributed by atoms with van der Waals surface area (Å²) >= 11 is 5.36. The molecule has 0 amide bonds. The molecule has 0 fully saturated rings. The Morgan fingerprint density at radius 1 is 1.50 bits per heavy atom. The van der Waals surface area contributed by atoms with E-state index < -0.39 is 41.0 Å². The third-order valence-corrected chi connectivity index (χ3v) is 2.08. The highest BCUT2D eigenvalue weighted by molar-refractivity contribution is 6.17. The number of alkyl halides is 4. The molecule has 1 aromatic heterocycles. The van der Waals surface area contributed by atoms with Gasteiger partial charge in [-0.1, -0.05) is 0 Å². The lowest BCUT2D eigenvalue weighted by atomic mass is 10.2. The number of ether oxygens (including phenoxy) is 2. The molecule has 0 aliphatic carbocycles. The van der Waals surface area contributed by atoms with Crippen molar-refractivity contribution in [2.75, 3.05) is 7.11 Å². The summed E-state index contributed by atoms with van der Waals surface area (Å²) in [4.78, 5) is 14.5. The molecule has 0 N–H and O–H groups in total. The van der Waals surface area contributed by atoms with Crippen LogP contribution in [-0.4, -0.2) is 24.4 Å². The minimum Gasteiger partial charge on any atom is -0.464 e. The molecule has 1 rings (SSSR count). The van der Waals surface area contributed by atoms with Crippen LogP contribution < -0.4 is 4.74 Å². The van der Waals surface area contributed by atoms with E-state index in [1.54, 1.807) is 0 Å². The quantitative estimate of drug-likeness (QED) is 0.487. The molecule has 0 atom stereocenters. The van der Waals surface area contributed by atoms with Gasteiger partial charge >= 0.3 is 12.3 Å². The van der Waals surface area contributed by atoms with Gasteiger partial charge in [0.15, 0.2) is 17.3 Å². The molecular formula is C9H6ClF4NO3. The molecule has 0 aromatic carbocycles. The Bertz CT molecular complexity index is 464. The highest BCUT2D eigenvalue weighted by Crippen LogP contribution is 2.28. The number of aromatic nitrogens is 1. The standard InChI is InChI=1S/C9H6ClF4NO3/c1-17-8(16)7-4(2-10)6(11)5(3-15-7)18-9(12,13)14/h3H,2H2,1H3. The Balaban J connectivity index is 3.24. The molecule has 9 heteroatoms. The number of hydrogen-bond acceptors (Lipinski definition) is 4. The Kier molecular flexibility index (Phi) is 4.33. The van der Waals surface area contributed by atoms with Gasteiger partial charge in [-0.3, -0.25) is 0 Å². The number of nitrogens with zero attached hydrogens (tertiary/aromatic N) is 1. The molecule has 0 aliphatic heterocycles. The van der Waals surface area contributed by atoms with Crippen LogP contribution in [0.25, 0.3) is 0 Å². The van der Waals surface area contributed by atoms with Crippen LogP contribution in [0.2, 0.25) is 0 Å². The number of esters is 1. The topological polar surface area (TPSA) is 48.4 Å². The maximum absolute atomic E-state index is 13.6. The van der Waals surface area contributed by atoms with Gasteiger partial charge in [0.05, 0.1) is 19.2 Å². The fourth-order valence-corrected chi connectivity index (χ4v) is 1.34. The predicted molar refractivity (Wildman–Crippen MR) is 51.8 cm³/mol. The zero-order chi connectivity index (χ0) is 13.9. The van der Waals surface area contributed by atoms with Gasteiger partial charge in [0.1, 0.15) is 0 Å². The van der Waals surface area contributed by atoms with Crippen molar-refractivity contribution >= 4 is 17.6 Å². The molecular weight excluding hydrogens is 282 g/mol. The molecule has 4 nitrogen and oxygen atoms in total. The minimum atomic E-state index is -5.07. The van der Waals surface area contributed by atoms with Gasteiger partial charge in [-0.05, 0) is 0 Å². The number of methoxy groups -OCH3 is 1. The lowest BCUT2D eigenvalue weighted by Crippen LogP contribution is -2.19. The third-order valence-electron chi connectivity index (χ3n) is 1.82. The number of carbonyl (C=O) groups excluding carboxylic acids is 1. The van der Waals surface area contributed by atoms with E-state index in [1.807, 2.05) is 0 Å². The van der Waals surface area contributed by atoms with Crippen molar-refractivity contribution in [2.45, 2.75) is 12.2 Å². The lowest BCUT2D eigenvalue weighted by molar-refractivity contribution is -0.275. The molecule has 100 valence electrons. The second kappa shape index (κ2) is 5.38. The van der Waals surface area contributed by atoms with Crippen LogP contribution >= 0.6 is 11.6 Å². The summed E-state index contributed by atoms with van der Waals surface area (Å²) in [7, 11) is 1.01. The summed E-state index contributed by atoms with van der Waals surface area (Å²) in [5.74, 6) is -4.13. The van der Waals surface area contributed by atoms with Crippen molar-refractivity contribution in [3.05, 3.63) is 23.3 Å². The van der Waals surface area contributed by atoms with Crippen molar-refractivity contribution in [2.24, 2.45) is 0 Å². The molecule has 1 heterocycles. The van der Waals surface area contributed by atoms with Crippen LogP contribution in [0.1, 0.15) is 16.1 Å². The molecule has 0 saturated heterocycles. The van der Waals surface area contributed by atoms with E-state index in [9.17, 15) is 22.4 Å². The first kappa shape index (κ1) is 14.5. The molecule has 0 spiro atoms. The first-order valence-corrected chi connectivity index (χ1v) is 4.91. The molecule has 1 aromatic rings. The summed E-state index contributed by atoms with van der Waals surface area (Å²) in [6.45, 7) is 0. The van der Waals surface area contributed by atoms with Crippen molar-refractivity contribution in [3.63, 3.8) is 0 Å². The minimum absolute atomic E-state index is 0.436. The first-order chi connectivity index (χ1) is 8.30. The first-order valence-electron chi connectivity index (χ1n) is 4.37. The third kappa shape index (κ3) is 3.22. The van der Waals surface area contributed by atoms with E-state index in [1.165, 1.54) is 0 Å². The van der Waals surface area contributed by atoms with E-state index in [4.69, 9.17) is 11.6 Å². The fourth-order valence-electron chi connectivity index (χ4n) is 1.10. The Hall–Kier alpha value is -1.57. The summed E-state index contributed by atoms with van der Waals surface area (Å²) in [5.41, 5.74) is -1.02. The van der Waals surface area contributed by atoms with Gasteiger partial charge in [-0.2, -0.15) is 0 Å². The van der Waals surface area contributed by atoms with Crippen molar-refractivity contribution in [1.82, 2.24) is 4.98 Å². The van der Waals surface area contributed by atoms with Gasteiger partial charge < -0.3 is 9.47 Å². The highest BCUT2D eigenvalue weighted by Gasteiger charge is 2.34. The highest BCUT2D eigenvalue weighted by atomic mass is 35.5. The van der Waals surface area contributed by atoms with Crippen LogP contribution in [0.5, 0.6) is 5.75 Å². The van der Waals surface area contributed by atoms with Crippen LogP contribution in [0.15, 0.2) is 6.20 Å². The van der Waals surface area contributed by atoms with E-state index in [2.05, 4.69) is 14.5 Å². The average Bonchev–Trinajstić information content (AvgIpc) is 2.28. The van der Waals surface area contributed by atoms with Gasteiger partial charge in [0.25, 0.3) is 0 Å². The maximum Gasteiger partial charge on any atom is 0.573 e. The van der Waals surface area contributed by atoms with Gasteiger partial charge in [-0.25, -0.2) is 14.2 Å². The average molecular weight is 288 g/mol. The summed E-state index contributed by atoms with van der Waals surface area (Å²) < 4.78 is 57.1. The van der Waals surface area contributed by atoms with Gasteiger partial charge in [-0.15, -0.1) is 24.8 Å². The number of halogens is 5. The van der Waals surface area contributed by atoms with Gasteiger partial charge in [0, 0.05) is 5.56 Å². The van der Waals surface area contributed by atoms with Crippen LogP contribution in [0.3, 0.4) is 0 Å². The second-order valence-corrected chi connectivity index (χ2v) is 3.20. The molecule has 0 radical (unpaired) electrons. The summed E-state index contributed by atoms with van der Waals surface area (Å²) in [5, 5.41) is 0. The fraction of sp³-hybridized carbons (Fsp3) is 0.333.